The van der Waals surface area contributed by atoms with Gasteiger partial charge in [0.05, 0.1) is 4.92 Å². The summed E-state index contributed by atoms with van der Waals surface area (Å²) in [7, 11) is 0. The molecule has 0 bridgehead atoms. The Morgan fingerprint density at radius 1 is 1.00 bits per heavy atom. The van der Waals surface area contributed by atoms with Gasteiger partial charge in [0.15, 0.2) is 0 Å². The Morgan fingerprint density at radius 3 is 2.23 bits per heavy atom. The first-order valence-electron chi connectivity index (χ1n) is 7.34. The maximum atomic E-state index is 11.6. The third-order valence-corrected chi connectivity index (χ3v) is 3.72. The zero-order chi connectivity index (χ0) is 18.7. The molecule has 2 heterocycles. The summed E-state index contributed by atoms with van der Waals surface area (Å²) >= 11 is 11.9. The van der Waals surface area contributed by atoms with Crippen molar-refractivity contribution in [2.45, 2.75) is 6.92 Å². The Morgan fingerprint density at radius 2 is 1.65 bits per heavy atom. The molecule has 0 unspecified atom stereocenters. The van der Waals surface area contributed by atoms with Gasteiger partial charge in [0.25, 0.3) is 0 Å². The van der Waals surface area contributed by atoms with E-state index in [1.807, 2.05) is 13.0 Å². The van der Waals surface area contributed by atoms with Gasteiger partial charge in [0, 0.05) is 21.9 Å². The van der Waals surface area contributed by atoms with E-state index in [9.17, 15) is 10.1 Å². The molecule has 0 spiro atoms. The molecular weight excluding hydrogens is 379 g/mol. The summed E-state index contributed by atoms with van der Waals surface area (Å²) in [6.07, 6.45) is 2.85. The predicted molar refractivity (Wildman–Crippen MR) is 101 cm³/mol. The lowest BCUT2D eigenvalue weighted by Crippen LogP contribution is -2.06. The van der Waals surface area contributed by atoms with Gasteiger partial charge in [-0.15, -0.1) is 0 Å². The molecular formula is C16H12Cl2N6O2. The van der Waals surface area contributed by atoms with Gasteiger partial charge in [-0.2, -0.15) is 0 Å². The van der Waals surface area contributed by atoms with Gasteiger partial charge in [-0.3, -0.25) is 10.1 Å². The summed E-state index contributed by atoms with van der Waals surface area (Å²) in [5.41, 5.74) is 1.10. The molecule has 132 valence electrons. The highest BCUT2D eigenvalue weighted by Crippen LogP contribution is 2.33. The van der Waals surface area contributed by atoms with Crippen molar-refractivity contribution in [2.24, 2.45) is 0 Å². The normalized spacial score (nSPS) is 10.4. The Balaban J connectivity index is 1.98. The van der Waals surface area contributed by atoms with Crippen molar-refractivity contribution in [3.05, 3.63) is 68.6 Å². The molecule has 1 aromatic carbocycles. The van der Waals surface area contributed by atoms with Crippen LogP contribution in [0.1, 0.15) is 5.56 Å². The first-order valence-corrected chi connectivity index (χ1v) is 8.10. The average molecular weight is 391 g/mol. The van der Waals surface area contributed by atoms with E-state index in [1.165, 1.54) is 6.33 Å². The van der Waals surface area contributed by atoms with E-state index in [0.717, 1.165) is 5.56 Å². The van der Waals surface area contributed by atoms with E-state index < -0.39 is 4.92 Å². The minimum Gasteiger partial charge on any atom is -0.334 e. The van der Waals surface area contributed by atoms with E-state index in [2.05, 4.69) is 25.6 Å². The maximum Gasteiger partial charge on any atom is 0.353 e. The molecule has 2 N–H and O–H groups in total. The molecule has 0 aliphatic rings. The van der Waals surface area contributed by atoms with Gasteiger partial charge in [-0.1, -0.05) is 29.3 Å². The fraction of sp³-hybridized carbons (Fsp3) is 0.0625. The van der Waals surface area contributed by atoms with Crippen LogP contribution >= 0.6 is 23.2 Å². The van der Waals surface area contributed by atoms with Crippen LogP contribution in [-0.2, 0) is 0 Å². The van der Waals surface area contributed by atoms with Crippen molar-refractivity contribution in [1.82, 2.24) is 15.0 Å². The van der Waals surface area contributed by atoms with Crippen LogP contribution in [0.25, 0.3) is 0 Å². The number of nitrogens with zero attached hydrogens (tertiary/aromatic N) is 4. The summed E-state index contributed by atoms with van der Waals surface area (Å²) in [5.74, 6) is 0.434. The van der Waals surface area contributed by atoms with Crippen LogP contribution in [0.15, 0.2) is 42.9 Å². The van der Waals surface area contributed by atoms with Crippen LogP contribution in [0.5, 0.6) is 0 Å². The summed E-state index contributed by atoms with van der Waals surface area (Å²) < 4.78 is 0. The zero-order valence-corrected chi connectivity index (χ0v) is 14.9. The summed E-state index contributed by atoms with van der Waals surface area (Å²) in [6.45, 7) is 1.89. The van der Waals surface area contributed by atoms with Gasteiger partial charge in [0.2, 0.25) is 11.6 Å². The van der Waals surface area contributed by atoms with E-state index in [0.29, 0.717) is 21.6 Å². The summed E-state index contributed by atoms with van der Waals surface area (Å²) in [4.78, 5) is 23.1. The molecule has 0 saturated heterocycles. The Hall–Kier alpha value is -2.97. The highest BCUT2D eigenvalue weighted by atomic mass is 35.5. The molecule has 10 heteroatoms. The van der Waals surface area contributed by atoms with E-state index >= 15 is 0 Å². The monoisotopic (exact) mass is 390 g/mol. The van der Waals surface area contributed by atoms with Crippen molar-refractivity contribution in [2.75, 3.05) is 10.6 Å². The van der Waals surface area contributed by atoms with Crippen LogP contribution in [0.4, 0.5) is 28.8 Å². The number of hydrogen-bond donors (Lipinski definition) is 2. The topological polar surface area (TPSA) is 106 Å². The number of anilines is 4. The zero-order valence-electron chi connectivity index (χ0n) is 13.4. The second kappa shape index (κ2) is 7.51. The molecule has 0 aliphatic heterocycles. The van der Waals surface area contributed by atoms with Crippen LogP contribution < -0.4 is 10.6 Å². The smallest absolute Gasteiger partial charge is 0.334 e. The number of aromatic nitrogens is 3. The van der Waals surface area contributed by atoms with Gasteiger partial charge in [-0.25, -0.2) is 15.0 Å². The first kappa shape index (κ1) is 17.8. The lowest BCUT2D eigenvalue weighted by Gasteiger charge is -2.10. The number of hydrogen-bond acceptors (Lipinski definition) is 7. The number of aryl methyl sites for hydroxylation is 1. The number of nitro groups is 1. The van der Waals surface area contributed by atoms with E-state index in [4.69, 9.17) is 23.2 Å². The third-order valence-electron chi connectivity index (χ3n) is 3.29. The second-order valence-corrected chi connectivity index (χ2v) is 6.18. The Kier molecular flexibility index (Phi) is 5.15. The van der Waals surface area contributed by atoms with Crippen molar-refractivity contribution in [1.29, 1.82) is 0 Å². The number of rotatable bonds is 5. The minimum atomic E-state index is -0.578. The highest BCUT2D eigenvalue weighted by Gasteiger charge is 2.23. The SMILES string of the molecule is Cc1ccc(Nc2ncnc(Nc3cc(Cl)cc(Cl)c3)c2[N+](=O)[O-])nc1. The molecule has 0 aliphatic carbocycles. The Bertz CT molecular complexity index is 945. The number of benzene rings is 1. The van der Waals surface area contributed by atoms with Gasteiger partial charge < -0.3 is 10.6 Å². The second-order valence-electron chi connectivity index (χ2n) is 5.31. The van der Waals surface area contributed by atoms with Crippen LogP contribution in [-0.4, -0.2) is 19.9 Å². The van der Waals surface area contributed by atoms with Gasteiger partial charge in [-0.05, 0) is 36.8 Å². The molecule has 8 nitrogen and oxygen atoms in total. The average Bonchev–Trinajstić information content (AvgIpc) is 2.56. The van der Waals surface area contributed by atoms with Crippen molar-refractivity contribution >= 4 is 52.0 Å². The maximum absolute atomic E-state index is 11.6. The van der Waals surface area contributed by atoms with Crippen molar-refractivity contribution < 1.29 is 4.92 Å². The quantitative estimate of drug-likeness (QED) is 0.472. The molecule has 0 radical (unpaired) electrons. The summed E-state index contributed by atoms with van der Waals surface area (Å²) in [5, 5.41) is 18.0. The molecule has 0 atom stereocenters. The molecule has 0 fully saturated rings. The highest BCUT2D eigenvalue weighted by molar-refractivity contribution is 6.35. The number of pyridine rings is 1. The fourth-order valence-electron chi connectivity index (χ4n) is 2.16. The minimum absolute atomic E-state index is 0.00190. The first-order chi connectivity index (χ1) is 12.4. The third kappa shape index (κ3) is 4.16. The van der Waals surface area contributed by atoms with Crippen LogP contribution in [0.3, 0.4) is 0 Å². The molecule has 0 amide bonds. The molecule has 3 rings (SSSR count). The molecule has 2 aromatic heterocycles. The largest absolute Gasteiger partial charge is 0.353 e. The van der Waals surface area contributed by atoms with Gasteiger partial charge in [0.1, 0.15) is 12.1 Å². The summed E-state index contributed by atoms with van der Waals surface area (Å²) in [6, 6.07) is 8.24. The molecule has 0 saturated carbocycles. The van der Waals surface area contributed by atoms with E-state index in [1.54, 1.807) is 30.5 Å². The van der Waals surface area contributed by atoms with Crippen molar-refractivity contribution in [3.8, 4) is 0 Å². The van der Waals surface area contributed by atoms with E-state index in [-0.39, 0.29) is 17.3 Å². The predicted octanol–water partition coefficient (Wildman–Crippen LogP) is 4.88. The van der Waals surface area contributed by atoms with Crippen molar-refractivity contribution in [3.63, 3.8) is 0 Å². The van der Waals surface area contributed by atoms with Gasteiger partial charge >= 0.3 is 5.69 Å². The van der Waals surface area contributed by atoms with Crippen LogP contribution in [0.2, 0.25) is 10.0 Å². The standard InChI is InChI=1S/C16H12Cl2N6O2/c1-9-2-3-13(19-7-9)23-16-14(24(25)26)15(20-8-21-16)22-12-5-10(17)4-11(18)6-12/h2-8H,1H3,(H2,19,20,21,22,23). The lowest BCUT2D eigenvalue weighted by molar-refractivity contribution is -0.383. The fourth-order valence-corrected chi connectivity index (χ4v) is 2.69. The molecule has 3 aromatic rings. The lowest BCUT2D eigenvalue weighted by atomic mass is 10.3. The number of nitrogens with one attached hydrogen (secondary N) is 2. The van der Waals surface area contributed by atoms with Crippen LogP contribution in [0, 0.1) is 17.0 Å². The molecule has 26 heavy (non-hydrogen) atoms. The Labute approximate surface area is 158 Å². The number of halogens is 2.